The molecule has 1 atom stereocenters. The Kier molecular flexibility index (Phi) is 4.48. The average molecular weight is 264 g/mol. The van der Waals surface area contributed by atoms with Gasteiger partial charge in [0.1, 0.15) is 0 Å². The van der Waals surface area contributed by atoms with Gasteiger partial charge >= 0.3 is 0 Å². The highest BCUT2D eigenvalue weighted by Crippen LogP contribution is 2.49. The van der Waals surface area contributed by atoms with E-state index in [1.807, 2.05) is 0 Å². The highest BCUT2D eigenvalue weighted by Gasteiger charge is 2.42. The first-order valence-electron chi connectivity index (χ1n) is 8.65. The molecule has 0 aromatic rings. The third-order valence-corrected chi connectivity index (χ3v) is 5.28. The molecule has 2 nitrogen and oxygen atoms in total. The van der Waals surface area contributed by atoms with Crippen molar-refractivity contribution in [3.63, 3.8) is 0 Å². The molecule has 0 amide bonds. The molecule has 0 bridgehead atoms. The van der Waals surface area contributed by atoms with Crippen LogP contribution in [-0.4, -0.2) is 37.6 Å². The van der Waals surface area contributed by atoms with Crippen LogP contribution in [0.25, 0.3) is 0 Å². The van der Waals surface area contributed by atoms with E-state index >= 15 is 0 Å². The molecule has 3 rings (SSSR count). The smallest absolute Gasteiger partial charge is 0.00224 e. The van der Waals surface area contributed by atoms with E-state index in [0.29, 0.717) is 0 Å². The zero-order valence-corrected chi connectivity index (χ0v) is 12.9. The number of hydrogen-bond acceptors (Lipinski definition) is 2. The zero-order chi connectivity index (χ0) is 13.2. The first kappa shape index (κ1) is 13.9. The van der Waals surface area contributed by atoms with Gasteiger partial charge < -0.3 is 10.2 Å². The van der Waals surface area contributed by atoms with Crippen molar-refractivity contribution in [3.05, 3.63) is 0 Å². The van der Waals surface area contributed by atoms with E-state index in [4.69, 9.17) is 0 Å². The first-order valence-corrected chi connectivity index (χ1v) is 8.65. The van der Waals surface area contributed by atoms with Crippen LogP contribution >= 0.6 is 0 Å². The lowest BCUT2D eigenvalue weighted by Crippen LogP contribution is -2.32. The molecule has 1 heterocycles. The molecule has 19 heavy (non-hydrogen) atoms. The van der Waals surface area contributed by atoms with E-state index in [1.165, 1.54) is 64.8 Å². The van der Waals surface area contributed by atoms with Gasteiger partial charge in [-0.05, 0) is 81.3 Å². The predicted octanol–water partition coefficient (Wildman–Crippen LogP) is 2.99. The third kappa shape index (κ3) is 4.19. The fraction of sp³-hybridized carbons (Fsp3) is 1.00. The Bertz CT molecular complexity index is 269. The van der Waals surface area contributed by atoms with Gasteiger partial charge in [-0.25, -0.2) is 0 Å². The van der Waals surface area contributed by atoms with Gasteiger partial charge in [0, 0.05) is 13.1 Å². The number of nitrogens with zero attached hydrogens (tertiary/aromatic N) is 1. The lowest BCUT2D eigenvalue weighted by atomic mass is 9.97. The van der Waals surface area contributed by atoms with Crippen LogP contribution in [0.3, 0.4) is 0 Å². The van der Waals surface area contributed by atoms with Crippen LogP contribution in [0.4, 0.5) is 0 Å². The molecule has 1 aliphatic heterocycles. The van der Waals surface area contributed by atoms with Crippen LogP contribution in [-0.2, 0) is 0 Å². The normalized spacial score (nSPS) is 28.7. The molecule has 2 heteroatoms. The molecule has 1 N–H and O–H groups in total. The van der Waals surface area contributed by atoms with Crippen molar-refractivity contribution in [2.75, 3.05) is 32.7 Å². The highest BCUT2D eigenvalue weighted by atomic mass is 15.2. The van der Waals surface area contributed by atoms with Crippen LogP contribution in [0, 0.1) is 29.6 Å². The summed E-state index contributed by atoms with van der Waals surface area (Å²) in [6.45, 7) is 11.2. The minimum Gasteiger partial charge on any atom is -0.316 e. The number of hydrogen-bond donors (Lipinski definition) is 1. The van der Waals surface area contributed by atoms with E-state index in [-0.39, 0.29) is 0 Å². The molecule has 110 valence electrons. The van der Waals surface area contributed by atoms with Crippen LogP contribution < -0.4 is 5.32 Å². The van der Waals surface area contributed by atoms with Crippen LogP contribution in [0.15, 0.2) is 0 Å². The van der Waals surface area contributed by atoms with Gasteiger partial charge in [0.05, 0.1) is 0 Å². The standard InChI is InChI=1S/C17H32N2/c1-13(2)9-18-10-14-7-8-19(11-14)12-17(15-3-4-15)16-5-6-16/h13-18H,3-12H2,1-2H3. The maximum absolute atomic E-state index is 3.64. The molecular formula is C17H32N2. The summed E-state index contributed by atoms with van der Waals surface area (Å²) in [5.74, 6) is 5.00. The van der Waals surface area contributed by atoms with Crippen molar-refractivity contribution < 1.29 is 0 Å². The van der Waals surface area contributed by atoms with Crippen molar-refractivity contribution in [1.82, 2.24) is 10.2 Å². The molecule has 3 fully saturated rings. The van der Waals surface area contributed by atoms with Crippen molar-refractivity contribution in [2.45, 2.75) is 46.0 Å². The van der Waals surface area contributed by atoms with E-state index in [2.05, 4.69) is 24.1 Å². The molecule has 1 saturated heterocycles. The van der Waals surface area contributed by atoms with Crippen molar-refractivity contribution >= 4 is 0 Å². The van der Waals surface area contributed by atoms with E-state index < -0.39 is 0 Å². The van der Waals surface area contributed by atoms with Crippen molar-refractivity contribution in [2.24, 2.45) is 29.6 Å². The van der Waals surface area contributed by atoms with Gasteiger partial charge in [-0.1, -0.05) is 13.8 Å². The number of likely N-dealkylation sites (tertiary alicyclic amines) is 1. The minimum atomic E-state index is 0.784. The molecule has 3 aliphatic rings. The van der Waals surface area contributed by atoms with Gasteiger partial charge in [-0.2, -0.15) is 0 Å². The number of rotatable bonds is 8. The topological polar surface area (TPSA) is 15.3 Å². The molecule has 0 aromatic carbocycles. The van der Waals surface area contributed by atoms with Crippen molar-refractivity contribution in [3.8, 4) is 0 Å². The Hall–Kier alpha value is -0.0800. The number of nitrogens with one attached hydrogen (secondary N) is 1. The van der Waals surface area contributed by atoms with Gasteiger partial charge in [0.2, 0.25) is 0 Å². The Labute approximate surface area is 119 Å². The van der Waals surface area contributed by atoms with E-state index in [1.54, 1.807) is 0 Å². The summed E-state index contributed by atoms with van der Waals surface area (Å²) in [4.78, 5) is 2.78. The van der Waals surface area contributed by atoms with Gasteiger partial charge in [0.15, 0.2) is 0 Å². The maximum atomic E-state index is 3.64. The SMILES string of the molecule is CC(C)CNCC1CCN(CC(C2CC2)C2CC2)C1. The summed E-state index contributed by atoms with van der Waals surface area (Å²) in [6, 6.07) is 0. The zero-order valence-electron chi connectivity index (χ0n) is 12.9. The maximum Gasteiger partial charge on any atom is 0.00224 e. The van der Waals surface area contributed by atoms with E-state index in [9.17, 15) is 0 Å². The first-order chi connectivity index (χ1) is 9.22. The van der Waals surface area contributed by atoms with Gasteiger partial charge in [0.25, 0.3) is 0 Å². The molecule has 0 spiro atoms. The summed E-state index contributed by atoms with van der Waals surface area (Å²) in [5, 5.41) is 3.64. The summed E-state index contributed by atoms with van der Waals surface area (Å²) in [6.07, 6.45) is 7.57. The Morgan fingerprint density at radius 1 is 1.05 bits per heavy atom. The fourth-order valence-corrected chi connectivity index (χ4v) is 3.85. The Morgan fingerprint density at radius 3 is 2.32 bits per heavy atom. The Balaban J connectivity index is 1.36. The second-order valence-electron chi connectivity index (χ2n) is 7.81. The second kappa shape index (κ2) is 6.13. The van der Waals surface area contributed by atoms with E-state index in [0.717, 1.165) is 29.6 Å². The van der Waals surface area contributed by atoms with Crippen LogP contribution in [0.2, 0.25) is 0 Å². The molecule has 2 aliphatic carbocycles. The molecule has 0 aromatic heterocycles. The molecule has 1 unspecified atom stereocenters. The van der Waals surface area contributed by atoms with Crippen LogP contribution in [0.5, 0.6) is 0 Å². The summed E-state index contributed by atoms with van der Waals surface area (Å²) in [5.41, 5.74) is 0. The van der Waals surface area contributed by atoms with Gasteiger partial charge in [-0.15, -0.1) is 0 Å². The average Bonchev–Trinajstić information content (AvgIpc) is 3.27. The summed E-state index contributed by atoms with van der Waals surface area (Å²) < 4.78 is 0. The molecule has 2 saturated carbocycles. The lowest BCUT2D eigenvalue weighted by molar-refractivity contribution is 0.232. The predicted molar refractivity (Wildman–Crippen MR) is 81.2 cm³/mol. The van der Waals surface area contributed by atoms with Crippen molar-refractivity contribution in [1.29, 1.82) is 0 Å². The Morgan fingerprint density at radius 2 is 1.74 bits per heavy atom. The minimum absolute atomic E-state index is 0.784. The quantitative estimate of drug-likeness (QED) is 0.725. The highest BCUT2D eigenvalue weighted by molar-refractivity contribution is 4.94. The summed E-state index contributed by atoms with van der Waals surface area (Å²) in [7, 11) is 0. The van der Waals surface area contributed by atoms with Gasteiger partial charge in [-0.3, -0.25) is 0 Å². The lowest BCUT2D eigenvalue weighted by Gasteiger charge is -2.23. The molecule has 0 radical (unpaired) electrons. The summed E-state index contributed by atoms with van der Waals surface area (Å²) >= 11 is 0. The second-order valence-corrected chi connectivity index (χ2v) is 7.81. The van der Waals surface area contributed by atoms with Crippen LogP contribution in [0.1, 0.15) is 46.0 Å². The molecular weight excluding hydrogens is 232 g/mol. The largest absolute Gasteiger partial charge is 0.316 e. The monoisotopic (exact) mass is 264 g/mol. The third-order valence-electron chi connectivity index (χ3n) is 5.28. The fourth-order valence-electron chi connectivity index (χ4n) is 3.85.